The number of aromatic amines is 1. The number of morpholine rings is 1. The number of ether oxygens (including phenoxy) is 3. The number of aryl methyl sites for hydroxylation is 1. The smallest absolute Gasteiger partial charge is 0.254 e. The lowest BCUT2D eigenvalue weighted by molar-refractivity contribution is 0.0302. The monoisotopic (exact) mass is 429 g/mol. The molecule has 0 bridgehead atoms. The highest BCUT2D eigenvalue weighted by atomic mass is 19.1. The Morgan fingerprint density at radius 3 is 2.81 bits per heavy atom. The van der Waals surface area contributed by atoms with Crippen molar-refractivity contribution in [1.82, 2.24) is 14.9 Å². The number of amides is 1. The highest BCUT2D eigenvalue weighted by Crippen LogP contribution is 2.39. The first-order valence-electron chi connectivity index (χ1n) is 10.2. The maximum atomic E-state index is 14.6. The first kappa shape index (κ1) is 19.7. The molecule has 1 fully saturated rings. The average Bonchev–Trinajstić information content (AvgIpc) is 3.14. The van der Waals surface area contributed by atoms with E-state index in [-0.39, 0.29) is 23.8 Å². The summed E-state index contributed by atoms with van der Waals surface area (Å²) in [6.07, 6.45) is -0.319. The summed E-state index contributed by atoms with van der Waals surface area (Å²) in [5.41, 5.74) is 1.81. The molecule has 31 heavy (non-hydrogen) atoms. The van der Waals surface area contributed by atoms with Gasteiger partial charge in [0.2, 0.25) is 0 Å². The molecule has 1 unspecified atom stereocenters. The average molecular weight is 429 g/mol. The van der Waals surface area contributed by atoms with Crippen molar-refractivity contribution in [2.75, 3.05) is 32.9 Å². The first-order chi connectivity index (χ1) is 15.0. The van der Waals surface area contributed by atoms with Gasteiger partial charge in [-0.05, 0) is 19.1 Å². The SMILES string of the molecule is Cc1nc2c(OC3CCOc4cc(F)cc(F)c43)cc(C(=O)N3CCOCC3)cc2[nH]1. The Morgan fingerprint density at radius 2 is 2.00 bits per heavy atom. The number of carbonyl (C=O) groups is 1. The fraction of sp³-hybridized carbons (Fsp3) is 0.364. The van der Waals surface area contributed by atoms with Crippen molar-refractivity contribution in [3.8, 4) is 11.5 Å². The van der Waals surface area contributed by atoms with E-state index >= 15 is 0 Å². The van der Waals surface area contributed by atoms with Crippen LogP contribution in [0.2, 0.25) is 0 Å². The van der Waals surface area contributed by atoms with E-state index in [2.05, 4.69) is 9.97 Å². The third-order valence-corrected chi connectivity index (χ3v) is 5.50. The van der Waals surface area contributed by atoms with E-state index in [1.165, 1.54) is 0 Å². The maximum Gasteiger partial charge on any atom is 0.254 e. The molecule has 162 valence electrons. The molecule has 2 aliphatic heterocycles. The minimum Gasteiger partial charge on any atom is -0.493 e. The molecule has 1 atom stereocenters. The summed E-state index contributed by atoms with van der Waals surface area (Å²) in [4.78, 5) is 22.4. The molecule has 0 saturated carbocycles. The molecule has 1 N–H and O–H groups in total. The predicted molar refractivity (Wildman–Crippen MR) is 107 cm³/mol. The van der Waals surface area contributed by atoms with Gasteiger partial charge in [-0.15, -0.1) is 0 Å². The third kappa shape index (κ3) is 3.69. The fourth-order valence-electron chi connectivity index (χ4n) is 4.06. The summed E-state index contributed by atoms with van der Waals surface area (Å²) < 4.78 is 45.1. The Morgan fingerprint density at radius 1 is 1.19 bits per heavy atom. The maximum absolute atomic E-state index is 14.6. The molecule has 0 spiro atoms. The van der Waals surface area contributed by atoms with Gasteiger partial charge in [0, 0.05) is 37.2 Å². The van der Waals surface area contributed by atoms with Crippen LogP contribution in [0.1, 0.15) is 34.3 Å². The van der Waals surface area contributed by atoms with Crippen LogP contribution in [0.3, 0.4) is 0 Å². The van der Waals surface area contributed by atoms with Gasteiger partial charge < -0.3 is 24.1 Å². The van der Waals surface area contributed by atoms with Gasteiger partial charge in [-0.1, -0.05) is 0 Å². The lowest BCUT2D eigenvalue weighted by Gasteiger charge is -2.28. The number of nitrogens with one attached hydrogen (secondary N) is 1. The van der Waals surface area contributed by atoms with Crippen molar-refractivity contribution in [3.63, 3.8) is 0 Å². The molecule has 1 saturated heterocycles. The largest absolute Gasteiger partial charge is 0.493 e. The summed E-state index contributed by atoms with van der Waals surface area (Å²) in [6.45, 7) is 4.08. The van der Waals surface area contributed by atoms with E-state index in [0.717, 1.165) is 12.1 Å². The van der Waals surface area contributed by atoms with Crippen LogP contribution >= 0.6 is 0 Å². The van der Waals surface area contributed by atoms with Crippen LogP contribution in [0.25, 0.3) is 11.0 Å². The standard InChI is InChI=1S/C22H21F2N3O4/c1-12-25-16-8-13(22(28)27-3-6-29-7-4-27)9-19(21(16)26-12)31-17-2-5-30-18-11-14(23)10-15(24)20(17)18/h8-11,17H,2-7H2,1H3,(H,25,26). The van der Waals surface area contributed by atoms with Crippen molar-refractivity contribution in [3.05, 3.63) is 52.9 Å². The first-order valence-corrected chi connectivity index (χ1v) is 10.2. The van der Waals surface area contributed by atoms with E-state index in [1.54, 1.807) is 24.0 Å². The Kier molecular flexibility index (Phi) is 4.97. The van der Waals surface area contributed by atoms with Crippen molar-refractivity contribution < 1.29 is 27.8 Å². The van der Waals surface area contributed by atoms with Crippen LogP contribution in [0.15, 0.2) is 24.3 Å². The van der Waals surface area contributed by atoms with Crippen molar-refractivity contribution in [2.24, 2.45) is 0 Å². The van der Waals surface area contributed by atoms with Gasteiger partial charge in [0.25, 0.3) is 5.91 Å². The molecule has 3 aromatic rings. The topological polar surface area (TPSA) is 76.7 Å². The second kappa shape index (κ2) is 7.81. The van der Waals surface area contributed by atoms with E-state index < -0.39 is 17.7 Å². The molecule has 7 nitrogen and oxygen atoms in total. The zero-order valence-corrected chi connectivity index (χ0v) is 16.9. The second-order valence-electron chi connectivity index (χ2n) is 7.64. The lowest BCUT2D eigenvalue weighted by Crippen LogP contribution is -2.40. The molecule has 1 aromatic heterocycles. The molecule has 1 amide bonds. The zero-order chi connectivity index (χ0) is 21.5. The highest BCUT2D eigenvalue weighted by Gasteiger charge is 2.29. The van der Waals surface area contributed by atoms with Crippen molar-refractivity contribution >= 4 is 16.9 Å². The number of rotatable bonds is 3. The molecular weight excluding hydrogens is 408 g/mol. The summed E-state index contributed by atoms with van der Waals surface area (Å²) >= 11 is 0. The van der Waals surface area contributed by atoms with E-state index in [0.29, 0.717) is 60.9 Å². The van der Waals surface area contributed by atoms with Crippen molar-refractivity contribution in [1.29, 1.82) is 0 Å². The van der Waals surface area contributed by atoms with E-state index in [9.17, 15) is 13.6 Å². The van der Waals surface area contributed by atoms with Crippen LogP contribution in [0.5, 0.6) is 11.5 Å². The van der Waals surface area contributed by atoms with E-state index in [1.807, 2.05) is 0 Å². The van der Waals surface area contributed by atoms with E-state index in [4.69, 9.17) is 14.2 Å². The molecule has 0 aliphatic carbocycles. The molecule has 2 aromatic carbocycles. The van der Waals surface area contributed by atoms with Crippen LogP contribution in [0.4, 0.5) is 8.78 Å². The summed E-state index contributed by atoms with van der Waals surface area (Å²) in [5.74, 6) is -0.418. The fourth-order valence-corrected chi connectivity index (χ4v) is 4.06. The number of halogens is 2. The highest BCUT2D eigenvalue weighted by molar-refractivity contribution is 5.99. The molecular formula is C22H21F2N3O4. The predicted octanol–water partition coefficient (Wildman–Crippen LogP) is 3.52. The zero-order valence-electron chi connectivity index (χ0n) is 16.9. The van der Waals surface area contributed by atoms with Gasteiger partial charge in [0.1, 0.15) is 40.6 Å². The van der Waals surface area contributed by atoms with Crippen LogP contribution in [-0.2, 0) is 4.74 Å². The number of hydrogen-bond acceptors (Lipinski definition) is 5. The van der Waals surface area contributed by atoms with Crippen molar-refractivity contribution in [2.45, 2.75) is 19.4 Å². The molecule has 2 aliphatic rings. The lowest BCUT2D eigenvalue weighted by atomic mass is 10.0. The number of aromatic nitrogens is 2. The number of hydrogen-bond donors (Lipinski definition) is 1. The minimum absolute atomic E-state index is 0.128. The second-order valence-corrected chi connectivity index (χ2v) is 7.64. The molecule has 0 radical (unpaired) electrons. The van der Waals surface area contributed by atoms with Gasteiger partial charge >= 0.3 is 0 Å². The van der Waals surface area contributed by atoms with Gasteiger partial charge in [-0.3, -0.25) is 4.79 Å². The summed E-state index contributed by atoms with van der Waals surface area (Å²) in [7, 11) is 0. The Hall–Kier alpha value is -3.20. The quantitative estimate of drug-likeness (QED) is 0.690. The van der Waals surface area contributed by atoms with Crippen LogP contribution in [0, 0.1) is 18.6 Å². The normalized spacial score (nSPS) is 18.5. The number of carbonyl (C=O) groups excluding carboxylic acids is 1. The number of imidazole rings is 1. The molecule has 5 rings (SSSR count). The van der Waals surface area contributed by atoms with Crippen LogP contribution < -0.4 is 9.47 Å². The van der Waals surface area contributed by atoms with Gasteiger partial charge in [0.05, 0.1) is 30.9 Å². The summed E-state index contributed by atoms with van der Waals surface area (Å²) in [5, 5.41) is 0. The number of benzene rings is 2. The van der Waals surface area contributed by atoms with Gasteiger partial charge in [-0.2, -0.15) is 0 Å². The Balaban J connectivity index is 1.54. The minimum atomic E-state index is -0.727. The van der Waals surface area contributed by atoms with Crippen LogP contribution in [-0.4, -0.2) is 53.7 Å². The van der Waals surface area contributed by atoms with Gasteiger partial charge in [0.15, 0.2) is 0 Å². The van der Waals surface area contributed by atoms with Gasteiger partial charge in [-0.25, -0.2) is 13.8 Å². The number of fused-ring (bicyclic) bond motifs is 2. The number of H-pyrrole nitrogens is 1. The number of nitrogens with zero attached hydrogens (tertiary/aromatic N) is 2. The summed E-state index contributed by atoms with van der Waals surface area (Å²) in [6, 6.07) is 5.35. The third-order valence-electron chi connectivity index (χ3n) is 5.50. The molecule has 9 heteroatoms. The molecule has 3 heterocycles. The Labute approximate surface area is 176 Å². The Bertz CT molecular complexity index is 1160.